The molecule has 3 atom stereocenters. The van der Waals surface area contributed by atoms with E-state index in [2.05, 4.69) is 15.9 Å². The molecule has 0 saturated carbocycles. The highest BCUT2D eigenvalue weighted by atomic mass is 79.9. The molecule has 0 unspecified atom stereocenters. The van der Waals surface area contributed by atoms with Crippen LogP contribution in [0.15, 0.2) is 11.8 Å². The number of likely N-dealkylation sites (tertiary alicyclic amines) is 1. The van der Waals surface area contributed by atoms with E-state index in [1.165, 1.54) is 18.9 Å². The largest absolute Gasteiger partial charge is 0.467 e. The second kappa shape index (κ2) is 6.28. The minimum Gasteiger partial charge on any atom is -0.467 e. The van der Waals surface area contributed by atoms with E-state index in [1.54, 1.807) is 13.0 Å². The van der Waals surface area contributed by atoms with Crippen molar-refractivity contribution in [1.82, 2.24) is 4.90 Å². The number of rotatable bonds is 3. The van der Waals surface area contributed by atoms with Gasteiger partial charge in [0.25, 0.3) is 0 Å². The Morgan fingerprint density at radius 2 is 2.18 bits per heavy atom. The molecule has 8 heteroatoms. The summed E-state index contributed by atoms with van der Waals surface area (Å²) in [5.41, 5.74) is 0. The van der Waals surface area contributed by atoms with Crippen LogP contribution < -0.4 is 0 Å². The Hall–Kier alpha value is -1.57. The summed E-state index contributed by atoms with van der Waals surface area (Å²) < 4.78 is 14.7. The summed E-state index contributed by atoms with van der Waals surface area (Å²) in [5, 5.41) is 0. The molecule has 2 heterocycles. The lowest BCUT2D eigenvalue weighted by Gasteiger charge is -2.36. The van der Waals surface area contributed by atoms with E-state index in [0.717, 1.165) is 0 Å². The van der Waals surface area contributed by atoms with Crippen molar-refractivity contribution in [3.63, 3.8) is 0 Å². The van der Waals surface area contributed by atoms with Crippen molar-refractivity contribution in [2.24, 2.45) is 0 Å². The van der Waals surface area contributed by atoms with E-state index in [1.807, 2.05) is 0 Å². The molecular weight excluding hydrogens is 358 g/mol. The zero-order valence-corrected chi connectivity index (χ0v) is 14.2. The summed E-state index contributed by atoms with van der Waals surface area (Å²) in [4.78, 5) is 37.0. The first kappa shape index (κ1) is 16.8. The van der Waals surface area contributed by atoms with Gasteiger partial charge in [0.2, 0.25) is 11.7 Å². The molecule has 1 saturated heterocycles. The number of fused-ring (bicyclic) bond motifs is 1. The average Bonchev–Trinajstić information content (AvgIpc) is 2.79. The molecule has 7 nitrogen and oxygen atoms in total. The topological polar surface area (TPSA) is 82.1 Å². The molecule has 2 aliphatic rings. The molecule has 0 aromatic carbocycles. The number of alkyl halides is 1. The van der Waals surface area contributed by atoms with Gasteiger partial charge in [-0.3, -0.25) is 9.69 Å². The number of halogens is 1. The van der Waals surface area contributed by atoms with E-state index in [0.29, 0.717) is 12.8 Å². The van der Waals surface area contributed by atoms with E-state index >= 15 is 0 Å². The molecule has 0 radical (unpaired) electrons. The maximum atomic E-state index is 12.0. The molecule has 0 aliphatic carbocycles. The first-order chi connectivity index (χ1) is 10.3. The monoisotopic (exact) mass is 375 g/mol. The fraction of sp³-hybridized carbons (Fsp3) is 0.643. The van der Waals surface area contributed by atoms with Crippen molar-refractivity contribution in [3.8, 4) is 0 Å². The Bertz CT molecular complexity index is 533. The van der Waals surface area contributed by atoms with Crippen LogP contribution >= 0.6 is 15.9 Å². The molecule has 2 aliphatic heterocycles. The second-order valence-electron chi connectivity index (χ2n) is 5.17. The lowest BCUT2D eigenvalue weighted by atomic mass is 9.98. The van der Waals surface area contributed by atoms with Crippen molar-refractivity contribution in [2.45, 2.75) is 43.3 Å². The van der Waals surface area contributed by atoms with Crippen LogP contribution in [0.5, 0.6) is 0 Å². The fourth-order valence-electron chi connectivity index (χ4n) is 2.76. The molecule has 22 heavy (non-hydrogen) atoms. The standard InChI is InChI=1S/C14H18BrNO6/c1-4-21-12(19)10-5-6-14(15)7-9(11(18)20-3)16(8(2)17)13(14)22-10/h5,9,13H,4,6-7H2,1-3H3/t9-,13-,14-/m1/s1. The van der Waals surface area contributed by atoms with Crippen molar-refractivity contribution in [2.75, 3.05) is 13.7 Å². The first-order valence-electron chi connectivity index (χ1n) is 6.93. The Morgan fingerprint density at radius 3 is 2.73 bits per heavy atom. The summed E-state index contributed by atoms with van der Waals surface area (Å²) >= 11 is 3.56. The molecule has 0 bridgehead atoms. The summed E-state index contributed by atoms with van der Waals surface area (Å²) in [7, 11) is 1.27. The van der Waals surface area contributed by atoms with Crippen molar-refractivity contribution in [1.29, 1.82) is 0 Å². The minimum atomic E-state index is -0.765. The zero-order chi connectivity index (χ0) is 16.5. The highest BCUT2D eigenvalue weighted by Crippen LogP contribution is 2.47. The number of ether oxygens (including phenoxy) is 3. The minimum absolute atomic E-state index is 0.0543. The van der Waals surface area contributed by atoms with Crippen LogP contribution in [-0.4, -0.2) is 53.1 Å². The quantitative estimate of drug-likeness (QED) is 0.542. The van der Waals surface area contributed by atoms with Gasteiger partial charge < -0.3 is 14.2 Å². The smallest absolute Gasteiger partial charge is 0.373 e. The zero-order valence-electron chi connectivity index (χ0n) is 12.6. The molecule has 122 valence electrons. The van der Waals surface area contributed by atoms with E-state index in [4.69, 9.17) is 14.2 Å². The summed E-state index contributed by atoms with van der Waals surface area (Å²) in [6.45, 7) is 3.27. The maximum absolute atomic E-state index is 12.0. The third-order valence-electron chi connectivity index (χ3n) is 3.74. The van der Waals surface area contributed by atoms with Gasteiger partial charge in [0, 0.05) is 6.92 Å². The van der Waals surface area contributed by atoms with E-state index in [9.17, 15) is 14.4 Å². The molecule has 0 aromatic rings. The Kier molecular flexibility index (Phi) is 4.79. The summed E-state index contributed by atoms with van der Waals surface area (Å²) in [6.07, 6.45) is 1.62. The predicted octanol–water partition coefficient (Wildman–Crippen LogP) is 1.11. The van der Waals surface area contributed by atoms with Crippen LogP contribution in [-0.2, 0) is 28.6 Å². The number of hydrogen-bond acceptors (Lipinski definition) is 6. The van der Waals surface area contributed by atoms with Gasteiger partial charge in [0.05, 0.1) is 18.0 Å². The van der Waals surface area contributed by atoms with Gasteiger partial charge >= 0.3 is 11.9 Å². The molecular formula is C14H18BrNO6. The van der Waals surface area contributed by atoms with Gasteiger partial charge in [-0.05, 0) is 25.8 Å². The molecule has 1 fully saturated rings. The van der Waals surface area contributed by atoms with Crippen molar-refractivity contribution < 1.29 is 28.6 Å². The van der Waals surface area contributed by atoms with Gasteiger partial charge in [-0.2, -0.15) is 0 Å². The third kappa shape index (κ3) is 2.84. The van der Waals surface area contributed by atoms with E-state index < -0.39 is 28.5 Å². The molecule has 2 rings (SSSR count). The normalized spacial score (nSPS) is 30.0. The number of methoxy groups -OCH3 is 1. The Morgan fingerprint density at radius 1 is 1.50 bits per heavy atom. The van der Waals surface area contributed by atoms with Gasteiger partial charge in [0.1, 0.15) is 6.04 Å². The number of esters is 2. The highest BCUT2D eigenvalue weighted by molar-refractivity contribution is 9.10. The number of hydrogen-bond donors (Lipinski definition) is 0. The molecule has 1 amide bonds. The van der Waals surface area contributed by atoms with Gasteiger partial charge in [-0.1, -0.05) is 15.9 Å². The van der Waals surface area contributed by atoms with Crippen LogP contribution in [0, 0.1) is 0 Å². The lowest BCUT2D eigenvalue weighted by molar-refractivity contribution is -0.160. The molecule has 0 spiro atoms. The molecule has 0 aromatic heterocycles. The predicted molar refractivity (Wildman–Crippen MR) is 78.8 cm³/mol. The third-order valence-corrected chi connectivity index (χ3v) is 4.78. The van der Waals surface area contributed by atoms with Gasteiger partial charge in [-0.15, -0.1) is 0 Å². The summed E-state index contributed by atoms with van der Waals surface area (Å²) in [6, 6.07) is -0.748. The van der Waals surface area contributed by atoms with Crippen LogP contribution in [0.2, 0.25) is 0 Å². The van der Waals surface area contributed by atoms with Crippen LogP contribution in [0.1, 0.15) is 26.7 Å². The SMILES string of the molecule is CCOC(=O)C1=CC[C@@]2(Br)C[C@H](C(=O)OC)N(C(C)=O)[C@@H]2O1. The first-order valence-corrected chi connectivity index (χ1v) is 7.73. The van der Waals surface area contributed by atoms with Crippen LogP contribution in [0.25, 0.3) is 0 Å². The van der Waals surface area contributed by atoms with Gasteiger partial charge in [-0.25, -0.2) is 9.59 Å². The van der Waals surface area contributed by atoms with Crippen molar-refractivity contribution >= 4 is 33.8 Å². The Labute approximate surface area is 136 Å². The Balaban J connectivity index is 2.29. The number of allylic oxidation sites excluding steroid dienone is 1. The average molecular weight is 376 g/mol. The fourth-order valence-corrected chi connectivity index (χ4v) is 3.54. The summed E-state index contributed by atoms with van der Waals surface area (Å²) in [5.74, 6) is -1.36. The second-order valence-corrected chi connectivity index (χ2v) is 6.75. The van der Waals surface area contributed by atoms with Crippen LogP contribution in [0.4, 0.5) is 0 Å². The number of carbonyl (C=O) groups excluding carboxylic acids is 3. The van der Waals surface area contributed by atoms with Crippen LogP contribution in [0.3, 0.4) is 0 Å². The highest BCUT2D eigenvalue weighted by Gasteiger charge is 2.58. The maximum Gasteiger partial charge on any atom is 0.373 e. The lowest BCUT2D eigenvalue weighted by Crippen LogP contribution is -2.49. The number of nitrogens with zero attached hydrogens (tertiary/aromatic N) is 1. The van der Waals surface area contributed by atoms with Crippen molar-refractivity contribution in [3.05, 3.63) is 11.8 Å². The molecule has 0 N–H and O–H groups in total. The number of carbonyl (C=O) groups is 3. The van der Waals surface area contributed by atoms with E-state index in [-0.39, 0.29) is 18.3 Å². The number of amides is 1. The van der Waals surface area contributed by atoms with Gasteiger partial charge in [0.15, 0.2) is 6.23 Å².